The first kappa shape index (κ1) is 15.7. The highest BCUT2D eigenvalue weighted by Crippen LogP contribution is 2.38. The maximum atomic E-state index is 12.1. The Labute approximate surface area is 144 Å². The Hall–Kier alpha value is -1.77. The molecule has 8 heteroatoms. The van der Waals surface area contributed by atoms with Crippen LogP contribution in [0.25, 0.3) is 10.2 Å². The minimum atomic E-state index is 0.0418. The van der Waals surface area contributed by atoms with Crippen molar-refractivity contribution in [2.75, 3.05) is 51.5 Å². The summed E-state index contributed by atoms with van der Waals surface area (Å²) in [5, 5.41) is 1.17. The molecule has 2 aromatic heterocycles. The number of thiophene rings is 1. The highest BCUT2D eigenvalue weighted by atomic mass is 32.1. The molecule has 4 heterocycles. The first-order chi connectivity index (χ1) is 11.8. The number of amides is 1. The molecule has 0 aliphatic carbocycles. The van der Waals surface area contributed by atoms with Crippen LogP contribution in [0.3, 0.4) is 0 Å². The number of anilines is 1. The summed E-state index contributed by atoms with van der Waals surface area (Å²) in [6.07, 6.45) is 2.48. The number of methoxy groups -OCH3 is 1. The van der Waals surface area contributed by atoms with Gasteiger partial charge in [-0.1, -0.05) is 0 Å². The van der Waals surface area contributed by atoms with E-state index in [1.54, 1.807) is 24.8 Å². The number of morpholine rings is 1. The van der Waals surface area contributed by atoms with Crippen molar-refractivity contribution in [2.24, 2.45) is 0 Å². The number of hydrogen-bond donors (Lipinski definition) is 0. The molecule has 1 amide bonds. The second-order valence-corrected chi connectivity index (χ2v) is 7.06. The second kappa shape index (κ2) is 6.62. The summed E-state index contributed by atoms with van der Waals surface area (Å²) in [4.78, 5) is 27.5. The lowest BCUT2D eigenvalue weighted by atomic mass is 10.0. The van der Waals surface area contributed by atoms with Gasteiger partial charge in [-0.3, -0.25) is 4.79 Å². The molecule has 24 heavy (non-hydrogen) atoms. The van der Waals surface area contributed by atoms with Crippen LogP contribution in [-0.2, 0) is 27.2 Å². The molecule has 2 aliphatic heterocycles. The number of carbonyl (C=O) groups excluding carboxylic acids is 1. The largest absolute Gasteiger partial charge is 0.378 e. The maximum absolute atomic E-state index is 12.1. The van der Waals surface area contributed by atoms with E-state index in [-0.39, 0.29) is 12.5 Å². The van der Waals surface area contributed by atoms with Crippen LogP contribution in [0.15, 0.2) is 6.33 Å². The fraction of sp³-hybridized carbons (Fsp3) is 0.562. The average molecular weight is 348 g/mol. The Morgan fingerprint density at radius 2 is 2.17 bits per heavy atom. The van der Waals surface area contributed by atoms with Crippen LogP contribution in [0, 0.1) is 0 Å². The molecule has 0 bridgehead atoms. The molecule has 2 aromatic rings. The topological polar surface area (TPSA) is 67.8 Å². The zero-order valence-corrected chi connectivity index (χ0v) is 14.5. The number of hydrogen-bond acceptors (Lipinski definition) is 7. The van der Waals surface area contributed by atoms with E-state index in [2.05, 4.69) is 14.9 Å². The fourth-order valence-electron chi connectivity index (χ4n) is 3.35. The molecule has 0 saturated carbocycles. The number of rotatable bonds is 3. The van der Waals surface area contributed by atoms with E-state index in [9.17, 15) is 4.79 Å². The first-order valence-electron chi connectivity index (χ1n) is 8.12. The van der Waals surface area contributed by atoms with E-state index in [0.29, 0.717) is 6.54 Å². The van der Waals surface area contributed by atoms with Crippen molar-refractivity contribution in [3.63, 3.8) is 0 Å². The average Bonchev–Trinajstić information content (AvgIpc) is 3.00. The molecule has 0 N–H and O–H groups in total. The quantitative estimate of drug-likeness (QED) is 0.826. The van der Waals surface area contributed by atoms with E-state index in [0.717, 1.165) is 49.9 Å². The van der Waals surface area contributed by atoms with Gasteiger partial charge in [0.05, 0.1) is 25.1 Å². The Kier molecular flexibility index (Phi) is 4.34. The Bertz CT molecular complexity index is 757. The van der Waals surface area contributed by atoms with E-state index in [4.69, 9.17) is 9.47 Å². The maximum Gasteiger partial charge on any atom is 0.248 e. The fourth-order valence-corrected chi connectivity index (χ4v) is 4.55. The predicted molar refractivity (Wildman–Crippen MR) is 91.4 cm³/mol. The molecule has 0 atom stereocenters. The summed E-state index contributed by atoms with van der Waals surface area (Å²) in [5.41, 5.74) is 1.30. The minimum Gasteiger partial charge on any atom is -0.378 e. The van der Waals surface area contributed by atoms with Crippen molar-refractivity contribution >= 4 is 33.3 Å². The molecule has 0 unspecified atom stereocenters. The van der Waals surface area contributed by atoms with Gasteiger partial charge in [0.2, 0.25) is 5.91 Å². The molecule has 2 aliphatic rings. The molecule has 0 spiro atoms. The van der Waals surface area contributed by atoms with Gasteiger partial charge in [0.25, 0.3) is 0 Å². The van der Waals surface area contributed by atoms with Gasteiger partial charge >= 0.3 is 0 Å². The smallest absolute Gasteiger partial charge is 0.248 e. The molecule has 1 fully saturated rings. The van der Waals surface area contributed by atoms with Crippen molar-refractivity contribution in [1.82, 2.24) is 14.9 Å². The van der Waals surface area contributed by atoms with E-state index in [1.807, 2.05) is 4.90 Å². The highest BCUT2D eigenvalue weighted by molar-refractivity contribution is 7.19. The van der Waals surface area contributed by atoms with Gasteiger partial charge < -0.3 is 19.3 Å². The monoisotopic (exact) mass is 348 g/mol. The van der Waals surface area contributed by atoms with Crippen LogP contribution in [0.5, 0.6) is 0 Å². The van der Waals surface area contributed by atoms with Crippen LogP contribution in [0.1, 0.15) is 10.4 Å². The predicted octanol–water partition coefficient (Wildman–Crippen LogP) is 1.06. The summed E-state index contributed by atoms with van der Waals surface area (Å²) >= 11 is 1.67. The molecular weight excluding hydrogens is 328 g/mol. The van der Waals surface area contributed by atoms with E-state index >= 15 is 0 Å². The van der Waals surface area contributed by atoms with Crippen molar-refractivity contribution in [1.29, 1.82) is 0 Å². The third-order valence-corrected chi connectivity index (χ3v) is 5.67. The molecule has 0 aromatic carbocycles. The minimum absolute atomic E-state index is 0.0418. The number of carbonyl (C=O) groups is 1. The van der Waals surface area contributed by atoms with E-state index < -0.39 is 0 Å². The van der Waals surface area contributed by atoms with Gasteiger partial charge in [0, 0.05) is 31.6 Å². The van der Waals surface area contributed by atoms with Gasteiger partial charge in [0.1, 0.15) is 23.6 Å². The lowest BCUT2D eigenvalue weighted by Crippen LogP contribution is -2.38. The zero-order chi connectivity index (χ0) is 16.5. The SMILES string of the molecule is COCC(=O)N1CCc2c(sc3ncnc(N4CCOCC4)c23)C1. The number of nitrogens with zero attached hydrogens (tertiary/aromatic N) is 4. The van der Waals surface area contributed by atoms with Crippen molar-refractivity contribution in [3.8, 4) is 0 Å². The lowest BCUT2D eigenvalue weighted by molar-refractivity contribution is -0.136. The summed E-state index contributed by atoms with van der Waals surface area (Å²) in [6, 6.07) is 0. The summed E-state index contributed by atoms with van der Waals surface area (Å²) in [6.45, 7) is 4.68. The van der Waals surface area contributed by atoms with Crippen LogP contribution in [0.2, 0.25) is 0 Å². The third kappa shape index (κ3) is 2.74. The first-order valence-corrected chi connectivity index (χ1v) is 8.94. The zero-order valence-electron chi connectivity index (χ0n) is 13.7. The van der Waals surface area contributed by atoms with Gasteiger partial charge in [-0.2, -0.15) is 0 Å². The lowest BCUT2D eigenvalue weighted by Gasteiger charge is -2.29. The van der Waals surface area contributed by atoms with Crippen molar-refractivity contribution in [2.45, 2.75) is 13.0 Å². The summed E-state index contributed by atoms with van der Waals surface area (Å²) < 4.78 is 10.4. The number of ether oxygens (including phenoxy) is 2. The molecule has 1 saturated heterocycles. The third-order valence-electron chi connectivity index (χ3n) is 4.55. The molecule has 7 nitrogen and oxygen atoms in total. The van der Waals surface area contributed by atoms with Gasteiger partial charge in [-0.15, -0.1) is 11.3 Å². The van der Waals surface area contributed by atoms with Crippen LogP contribution in [0.4, 0.5) is 5.82 Å². The van der Waals surface area contributed by atoms with Crippen LogP contribution < -0.4 is 4.90 Å². The number of aromatic nitrogens is 2. The van der Waals surface area contributed by atoms with Crippen LogP contribution in [-0.4, -0.2) is 67.3 Å². The van der Waals surface area contributed by atoms with Gasteiger partial charge in [-0.25, -0.2) is 9.97 Å². The molecular formula is C16H20N4O3S. The standard InChI is InChI=1S/C16H20N4O3S/c1-22-9-13(21)20-3-2-11-12(8-20)24-16-14(11)15(17-10-18-16)19-4-6-23-7-5-19/h10H,2-9H2,1H3. The Morgan fingerprint density at radius 1 is 1.33 bits per heavy atom. The van der Waals surface area contributed by atoms with Crippen molar-refractivity contribution < 1.29 is 14.3 Å². The van der Waals surface area contributed by atoms with E-state index in [1.165, 1.54) is 15.8 Å². The van der Waals surface area contributed by atoms with Crippen LogP contribution >= 0.6 is 11.3 Å². The number of fused-ring (bicyclic) bond motifs is 3. The molecule has 128 valence electrons. The highest BCUT2D eigenvalue weighted by Gasteiger charge is 2.27. The Balaban J connectivity index is 1.69. The normalized spacial score (nSPS) is 18.0. The summed E-state index contributed by atoms with van der Waals surface area (Å²) in [7, 11) is 1.55. The summed E-state index contributed by atoms with van der Waals surface area (Å²) in [5.74, 6) is 1.05. The molecule has 0 radical (unpaired) electrons. The molecule has 4 rings (SSSR count). The Morgan fingerprint density at radius 3 is 2.96 bits per heavy atom. The van der Waals surface area contributed by atoms with Gasteiger partial charge in [0.15, 0.2) is 0 Å². The van der Waals surface area contributed by atoms with Crippen molar-refractivity contribution in [3.05, 3.63) is 16.8 Å². The van der Waals surface area contributed by atoms with Gasteiger partial charge in [-0.05, 0) is 12.0 Å². The second-order valence-electron chi connectivity index (χ2n) is 5.98.